The van der Waals surface area contributed by atoms with Gasteiger partial charge in [0.1, 0.15) is 5.84 Å². The average molecular weight is 297 g/mol. The lowest BCUT2D eigenvalue weighted by atomic mass is 10.1. The summed E-state index contributed by atoms with van der Waals surface area (Å²) in [6.45, 7) is 6.10. The van der Waals surface area contributed by atoms with Crippen molar-refractivity contribution in [2.24, 2.45) is 10.7 Å². The second-order valence-electron chi connectivity index (χ2n) is 4.94. The van der Waals surface area contributed by atoms with Crippen LogP contribution in [0.2, 0.25) is 0 Å². The summed E-state index contributed by atoms with van der Waals surface area (Å²) in [5, 5.41) is 3.31. The van der Waals surface area contributed by atoms with E-state index in [1.807, 2.05) is 62.5 Å². The van der Waals surface area contributed by atoms with Crippen LogP contribution in [0.5, 0.6) is 0 Å². The van der Waals surface area contributed by atoms with Crippen molar-refractivity contribution < 1.29 is 0 Å². The second-order valence-corrected chi connectivity index (χ2v) is 4.94. The van der Waals surface area contributed by atoms with E-state index in [0.717, 1.165) is 18.4 Å². The molecule has 0 amide bonds. The van der Waals surface area contributed by atoms with Crippen molar-refractivity contribution >= 4 is 5.84 Å². The predicted octanol–water partition coefficient (Wildman–Crippen LogP) is 3.78. The Morgan fingerprint density at radius 1 is 1.32 bits per heavy atom. The summed E-state index contributed by atoms with van der Waals surface area (Å²) in [6.07, 6.45) is 9.85. The lowest BCUT2D eigenvalue weighted by molar-refractivity contribution is 0.555. The zero-order valence-corrected chi connectivity index (χ0v) is 13.8. The van der Waals surface area contributed by atoms with E-state index in [1.54, 1.807) is 0 Å². The minimum atomic E-state index is 0.210. The first-order valence-electron chi connectivity index (χ1n) is 7.98. The van der Waals surface area contributed by atoms with Crippen LogP contribution in [0.15, 0.2) is 65.5 Å². The molecule has 0 aliphatic carbocycles. The molecule has 118 valence electrons. The molecule has 1 aromatic rings. The van der Waals surface area contributed by atoms with Gasteiger partial charge in [-0.2, -0.15) is 0 Å². The summed E-state index contributed by atoms with van der Waals surface area (Å²) in [5.74, 6) is 0.613. The van der Waals surface area contributed by atoms with E-state index in [0.29, 0.717) is 11.9 Å². The second kappa shape index (κ2) is 10.5. The van der Waals surface area contributed by atoms with Crippen LogP contribution in [0.1, 0.15) is 39.2 Å². The van der Waals surface area contributed by atoms with Gasteiger partial charge in [0, 0.05) is 11.6 Å². The lowest BCUT2D eigenvalue weighted by Crippen LogP contribution is -2.23. The standard InChI is InChI=1S/C17H21N3.C2H6/c1-14(11-12-16-10-6-3-7-13-19-16)20-17(18)15-8-4-2-5-9-15;1-2/h2-5,7-10,13-14,16,19H,11-12H2,1H3,(H2,18,20);1-2H3. The topological polar surface area (TPSA) is 50.4 Å². The van der Waals surface area contributed by atoms with Crippen molar-refractivity contribution in [1.29, 1.82) is 0 Å². The normalized spacial score (nSPS) is 18.0. The van der Waals surface area contributed by atoms with E-state index in [9.17, 15) is 0 Å². The molecule has 1 heterocycles. The molecular formula is C19H27N3. The van der Waals surface area contributed by atoms with Gasteiger partial charge in [0.2, 0.25) is 0 Å². The SMILES string of the molecule is CC.CC(CCC1C=C=CC=CN1)N=C(N)c1ccccc1. The number of benzene rings is 1. The molecular weight excluding hydrogens is 270 g/mol. The Labute approximate surface area is 134 Å². The number of hydrogen-bond acceptors (Lipinski definition) is 2. The zero-order chi connectivity index (χ0) is 16.2. The van der Waals surface area contributed by atoms with E-state index in [4.69, 9.17) is 5.73 Å². The highest BCUT2D eigenvalue weighted by Crippen LogP contribution is 2.08. The van der Waals surface area contributed by atoms with Gasteiger partial charge in [0.15, 0.2) is 0 Å². The molecule has 22 heavy (non-hydrogen) atoms. The summed E-state index contributed by atoms with van der Waals surface area (Å²) in [4.78, 5) is 4.56. The first-order valence-corrected chi connectivity index (χ1v) is 7.98. The summed E-state index contributed by atoms with van der Waals surface area (Å²) in [7, 11) is 0. The fraction of sp³-hybridized carbons (Fsp3) is 0.368. The maximum atomic E-state index is 6.03. The van der Waals surface area contributed by atoms with Crippen LogP contribution < -0.4 is 11.1 Å². The molecule has 0 saturated carbocycles. The molecule has 3 nitrogen and oxygen atoms in total. The lowest BCUT2D eigenvalue weighted by Gasteiger charge is -2.14. The van der Waals surface area contributed by atoms with Gasteiger partial charge in [-0.15, -0.1) is 5.73 Å². The fourth-order valence-corrected chi connectivity index (χ4v) is 2.08. The van der Waals surface area contributed by atoms with Crippen molar-refractivity contribution in [3.8, 4) is 0 Å². The third-order valence-electron chi connectivity index (χ3n) is 3.22. The first kappa shape index (κ1) is 17.8. The molecule has 3 heteroatoms. The van der Waals surface area contributed by atoms with Gasteiger partial charge in [0.05, 0.1) is 6.04 Å². The number of allylic oxidation sites excluding steroid dienone is 1. The minimum absolute atomic E-state index is 0.210. The number of nitrogens with one attached hydrogen (secondary N) is 1. The van der Waals surface area contributed by atoms with Gasteiger partial charge in [-0.1, -0.05) is 44.2 Å². The molecule has 3 N–H and O–H groups in total. The Morgan fingerprint density at radius 2 is 2.05 bits per heavy atom. The van der Waals surface area contributed by atoms with Crippen LogP contribution in [0.25, 0.3) is 0 Å². The Morgan fingerprint density at radius 3 is 2.77 bits per heavy atom. The van der Waals surface area contributed by atoms with Crippen LogP contribution in [-0.4, -0.2) is 17.9 Å². The molecule has 1 aliphatic heterocycles. The van der Waals surface area contributed by atoms with Gasteiger partial charge in [-0.3, -0.25) is 4.99 Å². The molecule has 2 atom stereocenters. The number of amidine groups is 1. The average Bonchev–Trinajstić information content (AvgIpc) is 2.84. The summed E-state index contributed by atoms with van der Waals surface area (Å²) in [6, 6.07) is 10.4. The molecule has 1 aromatic carbocycles. The Hall–Kier alpha value is -2.25. The minimum Gasteiger partial charge on any atom is -0.384 e. The predicted molar refractivity (Wildman–Crippen MR) is 95.9 cm³/mol. The van der Waals surface area contributed by atoms with Gasteiger partial charge < -0.3 is 11.1 Å². The highest BCUT2D eigenvalue weighted by atomic mass is 14.9. The molecule has 0 spiro atoms. The van der Waals surface area contributed by atoms with Crippen molar-refractivity contribution in [2.75, 3.05) is 0 Å². The number of hydrogen-bond donors (Lipinski definition) is 2. The van der Waals surface area contributed by atoms with E-state index in [2.05, 4.69) is 29.0 Å². The van der Waals surface area contributed by atoms with E-state index < -0.39 is 0 Å². The molecule has 2 unspecified atom stereocenters. The first-order chi connectivity index (χ1) is 10.8. The van der Waals surface area contributed by atoms with Crippen LogP contribution in [0.3, 0.4) is 0 Å². The van der Waals surface area contributed by atoms with Crippen molar-refractivity contribution in [3.05, 3.63) is 66.1 Å². The van der Waals surface area contributed by atoms with Gasteiger partial charge in [-0.05, 0) is 44.2 Å². The highest BCUT2D eigenvalue weighted by molar-refractivity contribution is 5.97. The third kappa shape index (κ3) is 6.47. The molecule has 0 fully saturated rings. The zero-order valence-electron chi connectivity index (χ0n) is 13.8. The summed E-state index contributed by atoms with van der Waals surface area (Å²) in [5.41, 5.74) is 10.1. The number of nitrogens with zero attached hydrogens (tertiary/aromatic N) is 1. The maximum absolute atomic E-state index is 6.03. The van der Waals surface area contributed by atoms with Gasteiger partial charge >= 0.3 is 0 Å². The van der Waals surface area contributed by atoms with Crippen LogP contribution in [0, 0.1) is 0 Å². The molecule has 0 saturated heterocycles. The van der Waals surface area contributed by atoms with E-state index in [1.165, 1.54) is 0 Å². The highest BCUT2D eigenvalue weighted by Gasteiger charge is 2.07. The third-order valence-corrected chi connectivity index (χ3v) is 3.22. The smallest absolute Gasteiger partial charge is 0.125 e. The van der Waals surface area contributed by atoms with E-state index in [-0.39, 0.29) is 6.04 Å². The Bertz CT molecular complexity index is 537. The summed E-state index contributed by atoms with van der Waals surface area (Å²) < 4.78 is 0. The number of rotatable bonds is 5. The Kier molecular flexibility index (Phi) is 8.47. The van der Waals surface area contributed by atoms with Crippen molar-refractivity contribution in [1.82, 2.24) is 5.32 Å². The Balaban J connectivity index is 0.00000116. The van der Waals surface area contributed by atoms with Crippen molar-refractivity contribution in [3.63, 3.8) is 0 Å². The fourth-order valence-electron chi connectivity index (χ4n) is 2.08. The number of nitrogens with two attached hydrogens (primary N) is 1. The van der Waals surface area contributed by atoms with Crippen LogP contribution in [-0.2, 0) is 0 Å². The van der Waals surface area contributed by atoms with E-state index >= 15 is 0 Å². The van der Waals surface area contributed by atoms with Gasteiger partial charge in [-0.25, -0.2) is 0 Å². The largest absolute Gasteiger partial charge is 0.384 e. The monoisotopic (exact) mass is 297 g/mol. The molecule has 0 radical (unpaired) electrons. The summed E-state index contributed by atoms with van der Waals surface area (Å²) >= 11 is 0. The number of aliphatic imine (C=N–C) groups is 1. The molecule has 1 aliphatic rings. The van der Waals surface area contributed by atoms with Crippen LogP contribution >= 0.6 is 0 Å². The van der Waals surface area contributed by atoms with Crippen molar-refractivity contribution in [2.45, 2.75) is 45.7 Å². The van der Waals surface area contributed by atoms with Crippen LogP contribution in [0.4, 0.5) is 0 Å². The molecule has 2 rings (SSSR count). The maximum Gasteiger partial charge on any atom is 0.125 e. The quantitative estimate of drug-likeness (QED) is 0.493. The molecule has 0 aromatic heterocycles. The van der Waals surface area contributed by atoms with Gasteiger partial charge in [0.25, 0.3) is 0 Å². The molecule has 0 bridgehead atoms.